The van der Waals surface area contributed by atoms with Crippen LogP contribution in [0.5, 0.6) is 0 Å². The molecule has 1 N–H and O–H groups in total. The van der Waals surface area contributed by atoms with E-state index in [1.807, 2.05) is 7.05 Å². The number of hydrogen-bond donors (Lipinski definition) is 1. The summed E-state index contributed by atoms with van der Waals surface area (Å²) in [4.78, 5) is 0. The second-order valence-corrected chi connectivity index (χ2v) is 6.43. The Kier molecular flexibility index (Phi) is 8.35. The predicted octanol–water partition coefficient (Wildman–Crippen LogP) is 3.89. The molecule has 3 heteroatoms. The van der Waals surface area contributed by atoms with Gasteiger partial charge in [-0.25, -0.2) is 0 Å². The van der Waals surface area contributed by atoms with Gasteiger partial charge in [0.1, 0.15) is 0 Å². The van der Waals surface area contributed by atoms with Gasteiger partial charge in [-0.15, -0.1) is 0 Å². The zero-order chi connectivity index (χ0) is 14.1. The van der Waals surface area contributed by atoms with Crippen LogP contribution in [0.3, 0.4) is 0 Å². The molecule has 0 bridgehead atoms. The van der Waals surface area contributed by atoms with Crippen molar-refractivity contribution < 1.29 is 4.74 Å². The van der Waals surface area contributed by atoms with Crippen molar-refractivity contribution in [3.8, 4) is 0 Å². The highest BCUT2D eigenvalue weighted by Gasteiger charge is 2.09. The monoisotopic (exact) mass is 327 g/mol. The molecule has 0 aliphatic carbocycles. The van der Waals surface area contributed by atoms with E-state index < -0.39 is 0 Å². The molecule has 0 heterocycles. The average molecular weight is 328 g/mol. The Morgan fingerprint density at radius 2 is 1.89 bits per heavy atom. The van der Waals surface area contributed by atoms with Crippen LogP contribution in [0, 0.1) is 11.8 Å². The van der Waals surface area contributed by atoms with Crippen molar-refractivity contribution >= 4 is 15.9 Å². The second kappa shape index (κ2) is 9.51. The lowest BCUT2D eigenvalue weighted by molar-refractivity contribution is 0.0978. The summed E-state index contributed by atoms with van der Waals surface area (Å²) >= 11 is 3.47. The third-order valence-electron chi connectivity index (χ3n) is 3.05. The lowest BCUT2D eigenvalue weighted by Crippen LogP contribution is -2.22. The van der Waals surface area contributed by atoms with Gasteiger partial charge in [0, 0.05) is 17.7 Å². The number of halogens is 1. The van der Waals surface area contributed by atoms with Crippen molar-refractivity contribution in [2.45, 2.75) is 26.7 Å². The van der Waals surface area contributed by atoms with Crippen molar-refractivity contribution in [1.29, 1.82) is 0 Å². The van der Waals surface area contributed by atoms with Crippen molar-refractivity contribution in [2.75, 3.05) is 26.8 Å². The Hall–Kier alpha value is -0.380. The molecule has 1 unspecified atom stereocenters. The van der Waals surface area contributed by atoms with Crippen LogP contribution in [0.2, 0.25) is 0 Å². The largest absolute Gasteiger partial charge is 0.381 e. The number of rotatable bonds is 9. The molecule has 0 spiro atoms. The number of hydrogen-bond acceptors (Lipinski definition) is 2. The predicted molar refractivity (Wildman–Crippen MR) is 85.5 cm³/mol. The maximum Gasteiger partial charge on any atom is 0.0488 e. The van der Waals surface area contributed by atoms with E-state index in [4.69, 9.17) is 4.74 Å². The molecule has 0 radical (unpaired) electrons. The molecule has 0 fully saturated rings. The van der Waals surface area contributed by atoms with E-state index in [0.717, 1.165) is 37.1 Å². The van der Waals surface area contributed by atoms with Gasteiger partial charge in [0.05, 0.1) is 0 Å². The lowest BCUT2D eigenvalue weighted by atomic mass is 9.96. The highest BCUT2D eigenvalue weighted by atomic mass is 79.9. The van der Waals surface area contributed by atoms with Crippen LogP contribution in [0.25, 0.3) is 0 Å². The van der Waals surface area contributed by atoms with E-state index >= 15 is 0 Å². The Balaban J connectivity index is 2.37. The van der Waals surface area contributed by atoms with E-state index in [9.17, 15) is 0 Å². The minimum Gasteiger partial charge on any atom is -0.381 e. The Labute approximate surface area is 126 Å². The summed E-state index contributed by atoms with van der Waals surface area (Å²) in [7, 11) is 2.02. The molecule has 108 valence electrons. The Morgan fingerprint density at radius 1 is 1.21 bits per heavy atom. The van der Waals surface area contributed by atoms with Crippen molar-refractivity contribution in [3.05, 3.63) is 34.3 Å². The summed E-state index contributed by atoms with van der Waals surface area (Å²) in [5.74, 6) is 1.26. The normalized spacial score (nSPS) is 12.9. The first kappa shape index (κ1) is 16.7. The molecule has 0 amide bonds. The van der Waals surface area contributed by atoms with E-state index in [1.54, 1.807) is 0 Å². The average Bonchev–Trinajstić information content (AvgIpc) is 2.37. The van der Waals surface area contributed by atoms with Crippen LogP contribution in [-0.4, -0.2) is 26.8 Å². The van der Waals surface area contributed by atoms with Gasteiger partial charge in [-0.05, 0) is 56.0 Å². The Bertz CT molecular complexity index is 337. The third kappa shape index (κ3) is 7.71. The van der Waals surface area contributed by atoms with E-state index in [-0.39, 0.29) is 0 Å². The highest BCUT2D eigenvalue weighted by molar-refractivity contribution is 9.10. The van der Waals surface area contributed by atoms with E-state index in [1.165, 1.54) is 5.56 Å². The summed E-state index contributed by atoms with van der Waals surface area (Å²) in [6.07, 6.45) is 2.22. The molecular weight excluding hydrogens is 302 g/mol. The fourth-order valence-corrected chi connectivity index (χ4v) is 2.35. The SMILES string of the molecule is CNCC(CCOCC(C)C)Cc1ccc(Br)cc1. The molecule has 2 nitrogen and oxygen atoms in total. The van der Waals surface area contributed by atoms with Gasteiger partial charge in [0.2, 0.25) is 0 Å². The van der Waals surface area contributed by atoms with Crippen molar-refractivity contribution in [1.82, 2.24) is 5.32 Å². The van der Waals surface area contributed by atoms with Crippen molar-refractivity contribution in [3.63, 3.8) is 0 Å². The van der Waals surface area contributed by atoms with Crippen LogP contribution in [0.15, 0.2) is 28.7 Å². The van der Waals surface area contributed by atoms with Crippen LogP contribution in [-0.2, 0) is 11.2 Å². The third-order valence-corrected chi connectivity index (χ3v) is 3.58. The minimum atomic E-state index is 0.620. The number of benzene rings is 1. The van der Waals surface area contributed by atoms with Gasteiger partial charge in [-0.2, -0.15) is 0 Å². The first-order valence-electron chi connectivity index (χ1n) is 7.08. The molecule has 0 aliphatic rings. The maximum absolute atomic E-state index is 5.69. The summed E-state index contributed by atoms with van der Waals surface area (Å²) in [5.41, 5.74) is 1.40. The van der Waals surface area contributed by atoms with Gasteiger partial charge in [0.25, 0.3) is 0 Å². The van der Waals surface area contributed by atoms with Gasteiger partial charge in [0.15, 0.2) is 0 Å². The maximum atomic E-state index is 5.69. The van der Waals surface area contributed by atoms with Crippen LogP contribution in [0.1, 0.15) is 25.8 Å². The second-order valence-electron chi connectivity index (χ2n) is 5.51. The molecule has 0 saturated heterocycles. The topological polar surface area (TPSA) is 21.3 Å². The van der Waals surface area contributed by atoms with E-state index in [2.05, 4.69) is 59.4 Å². The summed E-state index contributed by atoms with van der Waals surface area (Å²) in [6, 6.07) is 8.62. The minimum absolute atomic E-state index is 0.620. The fraction of sp³-hybridized carbons (Fsp3) is 0.625. The molecule has 1 aromatic rings. The summed E-state index contributed by atoms with van der Waals surface area (Å²) < 4.78 is 6.83. The standard InChI is InChI=1S/C16H26BrNO/c1-13(2)12-19-9-8-15(11-18-3)10-14-4-6-16(17)7-5-14/h4-7,13,15,18H,8-12H2,1-3H3. The highest BCUT2D eigenvalue weighted by Crippen LogP contribution is 2.16. The zero-order valence-corrected chi connectivity index (χ0v) is 13.9. The lowest BCUT2D eigenvalue weighted by Gasteiger charge is -2.17. The number of ether oxygens (including phenoxy) is 1. The summed E-state index contributed by atoms with van der Waals surface area (Å²) in [5, 5.41) is 3.28. The molecule has 0 aliphatic heterocycles. The summed E-state index contributed by atoms with van der Waals surface area (Å²) in [6.45, 7) is 7.15. The van der Waals surface area contributed by atoms with Crippen molar-refractivity contribution in [2.24, 2.45) is 11.8 Å². The van der Waals surface area contributed by atoms with Gasteiger partial charge >= 0.3 is 0 Å². The Morgan fingerprint density at radius 3 is 2.47 bits per heavy atom. The van der Waals surface area contributed by atoms with Crippen LogP contribution in [0.4, 0.5) is 0 Å². The molecule has 1 atom stereocenters. The first-order chi connectivity index (χ1) is 9.11. The zero-order valence-electron chi connectivity index (χ0n) is 12.3. The molecule has 0 aromatic heterocycles. The van der Waals surface area contributed by atoms with Crippen LogP contribution < -0.4 is 5.32 Å². The van der Waals surface area contributed by atoms with E-state index in [0.29, 0.717) is 11.8 Å². The quantitative estimate of drug-likeness (QED) is 0.695. The van der Waals surface area contributed by atoms with Gasteiger partial charge in [-0.3, -0.25) is 0 Å². The van der Waals surface area contributed by atoms with Crippen LogP contribution >= 0.6 is 15.9 Å². The molecule has 19 heavy (non-hydrogen) atoms. The first-order valence-corrected chi connectivity index (χ1v) is 7.88. The number of nitrogens with one attached hydrogen (secondary N) is 1. The fourth-order valence-electron chi connectivity index (χ4n) is 2.09. The molecule has 0 saturated carbocycles. The molecule has 1 aromatic carbocycles. The van der Waals surface area contributed by atoms with Gasteiger partial charge < -0.3 is 10.1 Å². The van der Waals surface area contributed by atoms with Gasteiger partial charge in [-0.1, -0.05) is 41.9 Å². The molecular formula is C16H26BrNO. The smallest absolute Gasteiger partial charge is 0.0488 e. The molecule has 1 rings (SSSR count).